The van der Waals surface area contributed by atoms with Crippen molar-refractivity contribution in [3.63, 3.8) is 0 Å². The molecule has 150 valence electrons. The number of aromatic amines is 1. The summed E-state index contributed by atoms with van der Waals surface area (Å²) in [7, 11) is 0. The number of hydrogen-bond donors (Lipinski definition) is 2. The van der Waals surface area contributed by atoms with E-state index in [-0.39, 0.29) is 24.5 Å². The van der Waals surface area contributed by atoms with Crippen molar-refractivity contribution in [3.8, 4) is 11.5 Å². The molecule has 0 saturated carbocycles. The lowest BCUT2D eigenvalue weighted by Gasteiger charge is -2.23. The molecule has 0 radical (unpaired) electrons. The summed E-state index contributed by atoms with van der Waals surface area (Å²) in [5.74, 6) is -0.295. The third-order valence-corrected chi connectivity index (χ3v) is 5.73. The van der Waals surface area contributed by atoms with E-state index < -0.39 is 17.4 Å². The maximum atomic E-state index is 13.0. The average molecular weight is 395 g/mol. The lowest BCUT2D eigenvalue weighted by Crippen LogP contribution is -2.44. The fourth-order valence-electron chi connectivity index (χ4n) is 4.53. The Balaban J connectivity index is 1.28. The van der Waals surface area contributed by atoms with Crippen LogP contribution in [0.4, 0.5) is 0 Å². The first-order valence-electron chi connectivity index (χ1n) is 9.72. The maximum absolute atomic E-state index is 13.0. The lowest BCUT2D eigenvalue weighted by molar-refractivity contribution is -0.137. The van der Waals surface area contributed by atoms with Crippen molar-refractivity contribution in [2.75, 3.05) is 13.1 Å². The monoisotopic (exact) mass is 395 g/mol. The molecule has 2 aromatic rings. The van der Waals surface area contributed by atoms with Crippen LogP contribution in [0.2, 0.25) is 0 Å². The number of carbonyl (C=O) groups is 2. The van der Waals surface area contributed by atoms with Crippen molar-refractivity contribution in [2.45, 2.75) is 31.6 Å². The zero-order chi connectivity index (χ0) is 20.0. The number of amides is 2. The first-order valence-corrected chi connectivity index (χ1v) is 9.72. The van der Waals surface area contributed by atoms with Crippen molar-refractivity contribution in [2.24, 2.45) is 11.8 Å². The van der Waals surface area contributed by atoms with Gasteiger partial charge < -0.3 is 15.0 Å². The van der Waals surface area contributed by atoms with E-state index in [0.717, 1.165) is 6.42 Å². The topological polar surface area (TPSA) is 126 Å². The van der Waals surface area contributed by atoms with Gasteiger partial charge in [-0.3, -0.25) is 19.7 Å². The van der Waals surface area contributed by atoms with Crippen molar-refractivity contribution >= 4 is 11.8 Å². The SMILES string of the molecule is CCCN1C[C@]23C=CC(O2)C(C(=O)NCc2nc(-c4cnccn4)n[nH]2)C3C1=O. The number of aromatic nitrogens is 5. The summed E-state index contributed by atoms with van der Waals surface area (Å²) in [6.45, 7) is 3.40. The molecule has 10 nitrogen and oxygen atoms in total. The van der Waals surface area contributed by atoms with Gasteiger partial charge in [-0.2, -0.15) is 5.10 Å². The molecule has 2 saturated heterocycles. The van der Waals surface area contributed by atoms with Crippen molar-refractivity contribution in [1.29, 1.82) is 0 Å². The quantitative estimate of drug-likeness (QED) is 0.663. The smallest absolute Gasteiger partial charge is 0.230 e. The summed E-state index contributed by atoms with van der Waals surface area (Å²) in [4.78, 5) is 40.1. The molecular formula is C19H21N7O3. The van der Waals surface area contributed by atoms with E-state index in [1.54, 1.807) is 23.5 Å². The summed E-state index contributed by atoms with van der Waals surface area (Å²) in [5.41, 5.74) is -0.118. The third kappa shape index (κ3) is 2.82. The molecule has 29 heavy (non-hydrogen) atoms. The second kappa shape index (κ2) is 6.73. The minimum atomic E-state index is -0.662. The molecule has 3 aliphatic heterocycles. The molecule has 5 heterocycles. The Labute approximate surface area is 166 Å². The minimum Gasteiger partial charge on any atom is -0.360 e. The van der Waals surface area contributed by atoms with Gasteiger partial charge in [0.25, 0.3) is 0 Å². The molecule has 5 rings (SSSR count). The second-order valence-electron chi connectivity index (χ2n) is 7.57. The molecule has 0 aliphatic carbocycles. The lowest BCUT2D eigenvalue weighted by atomic mass is 9.77. The molecule has 4 atom stereocenters. The number of fused-ring (bicyclic) bond motifs is 1. The van der Waals surface area contributed by atoms with Crippen LogP contribution in [0.5, 0.6) is 0 Å². The van der Waals surface area contributed by atoms with Crippen LogP contribution in [-0.4, -0.2) is 66.7 Å². The van der Waals surface area contributed by atoms with Gasteiger partial charge in [0.05, 0.1) is 37.2 Å². The third-order valence-electron chi connectivity index (χ3n) is 5.73. The Morgan fingerprint density at radius 3 is 3.14 bits per heavy atom. The Morgan fingerprint density at radius 2 is 2.34 bits per heavy atom. The first kappa shape index (κ1) is 17.9. The first-order chi connectivity index (χ1) is 14.1. The van der Waals surface area contributed by atoms with Gasteiger partial charge in [0, 0.05) is 18.9 Å². The molecule has 2 bridgehead atoms. The molecule has 0 aromatic carbocycles. The van der Waals surface area contributed by atoms with Gasteiger partial charge in [-0.25, -0.2) is 9.97 Å². The van der Waals surface area contributed by atoms with Gasteiger partial charge in [0.15, 0.2) is 0 Å². The van der Waals surface area contributed by atoms with Crippen LogP contribution in [0.1, 0.15) is 19.2 Å². The van der Waals surface area contributed by atoms with Gasteiger partial charge in [-0.05, 0) is 6.42 Å². The maximum Gasteiger partial charge on any atom is 0.230 e. The number of carbonyl (C=O) groups excluding carboxylic acids is 2. The number of H-pyrrole nitrogens is 1. The molecule has 1 spiro atoms. The number of rotatable bonds is 6. The van der Waals surface area contributed by atoms with Crippen LogP contribution in [0.25, 0.3) is 11.5 Å². The van der Waals surface area contributed by atoms with Crippen molar-refractivity contribution < 1.29 is 14.3 Å². The van der Waals surface area contributed by atoms with Crippen LogP contribution in [0.15, 0.2) is 30.7 Å². The van der Waals surface area contributed by atoms with Gasteiger partial charge in [0.2, 0.25) is 17.6 Å². The van der Waals surface area contributed by atoms with E-state index in [1.165, 1.54) is 0 Å². The summed E-state index contributed by atoms with van der Waals surface area (Å²) in [6.07, 6.45) is 9.08. The highest BCUT2D eigenvalue weighted by Gasteiger charge is 2.66. The van der Waals surface area contributed by atoms with E-state index in [9.17, 15) is 9.59 Å². The molecule has 3 aliphatic rings. The predicted octanol–water partition coefficient (Wildman–Crippen LogP) is 0.0699. The number of hydrogen-bond acceptors (Lipinski definition) is 7. The normalized spacial score (nSPS) is 29.5. The minimum absolute atomic E-state index is 0.00320. The van der Waals surface area contributed by atoms with Crippen molar-refractivity contribution in [3.05, 3.63) is 36.6 Å². The van der Waals surface area contributed by atoms with Gasteiger partial charge in [-0.1, -0.05) is 19.1 Å². The number of nitrogens with zero attached hydrogens (tertiary/aromatic N) is 5. The number of nitrogens with one attached hydrogen (secondary N) is 2. The number of likely N-dealkylation sites (tertiary alicyclic amines) is 1. The zero-order valence-corrected chi connectivity index (χ0v) is 15.9. The summed E-state index contributed by atoms with van der Waals surface area (Å²) >= 11 is 0. The summed E-state index contributed by atoms with van der Waals surface area (Å²) in [5, 5.41) is 9.78. The molecule has 2 fully saturated rings. The largest absolute Gasteiger partial charge is 0.360 e. The van der Waals surface area contributed by atoms with Crippen LogP contribution in [0, 0.1) is 11.8 Å². The van der Waals surface area contributed by atoms with E-state index >= 15 is 0 Å². The second-order valence-corrected chi connectivity index (χ2v) is 7.57. The highest BCUT2D eigenvalue weighted by Crippen LogP contribution is 2.51. The Morgan fingerprint density at radius 1 is 1.45 bits per heavy atom. The number of ether oxygens (including phenoxy) is 1. The average Bonchev–Trinajstić information content (AvgIpc) is 3.49. The van der Waals surface area contributed by atoms with Crippen LogP contribution in [-0.2, 0) is 20.9 Å². The Kier molecular flexibility index (Phi) is 4.16. The molecule has 2 aromatic heterocycles. The van der Waals surface area contributed by atoms with Gasteiger partial charge in [-0.15, -0.1) is 0 Å². The zero-order valence-electron chi connectivity index (χ0n) is 15.9. The van der Waals surface area contributed by atoms with E-state index in [2.05, 4.69) is 30.5 Å². The molecule has 2 amide bonds. The molecular weight excluding hydrogens is 374 g/mol. The fourth-order valence-corrected chi connectivity index (χ4v) is 4.53. The van der Waals surface area contributed by atoms with Gasteiger partial charge in [0.1, 0.15) is 17.1 Å². The van der Waals surface area contributed by atoms with Crippen LogP contribution >= 0.6 is 0 Å². The molecule has 3 unspecified atom stereocenters. The summed E-state index contributed by atoms with van der Waals surface area (Å²) < 4.78 is 6.09. The Hall–Kier alpha value is -3.14. The highest BCUT2D eigenvalue weighted by atomic mass is 16.5. The predicted molar refractivity (Wildman–Crippen MR) is 99.9 cm³/mol. The van der Waals surface area contributed by atoms with E-state index in [4.69, 9.17) is 4.74 Å². The standard InChI is InChI=1S/C19H21N7O3/c1-2-7-26-10-19-4-3-12(29-19)14(15(19)18(26)28)17(27)22-9-13-23-16(25-24-13)11-8-20-5-6-21-11/h3-6,8,12,14-15H,2,7,9-10H2,1H3,(H,22,27)(H,23,24,25)/t12?,14?,15?,19-/m0/s1. The van der Waals surface area contributed by atoms with Gasteiger partial charge >= 0.3 is 0 Å². The summed E-state index contributed by atoms with van der Waals surface area (Å²) in [6, 6.07) is 0. The Bertz CT molecular complexity index is 975. The highest BCUT2D eigenvalue weighted by molar-refractivity contribution is 5.93. The van der Waals surface area contributed by atoms with E-state index in [1.807, 2.05) is 19.1 Å². The van der Waals surface area contributed by atoms with E-state index in [0.29, 0.717) is 30.4 Å². The van der Waals surface area contributed by atoms with Crippen molar-refractivity contribution in [1.82, 2.24) is 35.4 Å². The molecule has 10 heteroatoms. The van der Waals surface area contributed by atoms with Crippen LogP contribution < -0.4 is 5.32 Å². The molecule has 2 N–H and O–H groups in total. The van der Waals surface area contributed by atoms with Crippen LogP contribution in [0.3, 0.4) is 0 Å². The fraction of sp³-hybridized carbons (Fsp3) is 0.474.